The highest BCUT2D eigenvalue weighted by atomic mass is 32.1. The van der Waals surface area contributed by atoms with Crippen LogP contribution in [-0.2, 0) is 6.61 Å². The van der Waals surface area contributed by atoms with E-state index in [-0.39, 0.29) is 4.88 Å². The lowest BCUT2D eigenvalue weighted by Gasteiger charge is -2.10. The van der Waals surface area contributed by atoms with Crippen molar-refractivity contribution in [3.05, 3.63) is 69.7 Å². The molecule has 0 aliphatic rings. The molecule has 0 spiro atoms. The van der Waals surface area contributed by atoms with Crippen LogP contribution in [0, 0.1) is 20.8 Å². The molecule has 128 valence electrons. The first-order valence-corrected chi connectivity index (χ1v) is 8.74. The monoisotopic (exact) mass is 352 g/mol. The zero-order valence-corrected chi connectivity index (χ0v) is 15.1. The molecule has 4 nitrogen and oxygen atoms in total. The van der Waals surface area contributed by atoms with E-state index in [1.165, 1.54) is 5.56 Å². The summed E-state index contributed by atoms with van der Waals surface area (Å²) < 4.78 is 5.88. The van der Waals surface area contributed by atoms with Crippen molar-refractivity contribution in [2.45, 2.75) is 27.4 Å². The first-order valence-electron chi connectivity index (χ1n) is 7.92. The predicted octanol–water partition coefficient (Wildman–Crippen LogP) is 3.68. The van der Waals surface area contributed by atoms with Crippen LogP contribution in [0.5, 0.6) is 5.75 Å². The van der Waals surface area contributed by atoms with E-state index < -0.39 is 5.97 Å². The average molecular weight is 352 g/mol. The molecule has 0 unspecified atom stereocenters. The maximum Gasteiger partial charge on any atom is 0.124 e. The molecule has 0 N–H and O–H groups in total. The summed E-state index contributed by atoms with van der Waals surface area (Å²) in [7, 11) is 0. The van der Waals surface area contributed by atoms with Crippen molar-refractivity contribution in [3.8, 4) is 16.3 Å². The number of carbonyl (C=O) groups excluding carboxylic acids is 1. The Morgan fingerprint density at radius 2 is 1.84 bits per heavy atom. The fraction of sp³-hybridized carbons (Fsp3) is 0.200. The first-order chi connectivity index (χ1) is 11.9. The van der Waals surface area contributed by atoms with Gasteiger partial charge in [0, 0.05) is 5.56 Å². The van der Waals surface area contributed by atoms with E-state index in [4.69, 9.17) is 4.74 Å². The van der Waals surface area contributed by atoms with Crippen LogP contribution in [0.1, 0.15) is 32.1 Å². The third-order valence-electron chi connectivity index (χ3n) is 3.91. The quantitative estimate of drug-likeness (QED) is 0.703. The topological polar surface area (TPSA) is 62.2 Å². The summed E-state index contributed by atoms with van der Waals surface area (Å²) in [4.78, 5) is 15.5. The van der Waals surface area contributed by atoms with Crippen molar-refractivity contribution >= 4 is 17.3 Å². The Balaban J connectivity index is 1.72. The maximum absolute atomic E-state index is 11.0. The molecular formula is C20H18NO3S-. The van der Waals surface area contributed by atoms with Crippen LogP contribution in [0.25, 0.3) is 10.6 Å². The Morgan fingerprint density at radius 1 is 1.12 bits per heavy atom. The normalized spacial score (nSPS) is 10.7. The number of ether oxygens (including phenoxy) is 1. The lowest BCUT2D eigenvalue weighted by Crippen LogP contribution is -2.21. The summed E-state index contributed by atoms with van der Waals surface area (Å²) in [6.07, 6.45) is 0. The number of carbonyl (C=O) groups is 1. The SMILES string of the molecule is Cc1ccc(OCc2ccc(-c3nc(C)c(C(=O)[O-])s3)cc2)c(C)c1. The number of carboxylic acid groups (broad SMARTS) is 1. The molecule has 0 radical (unpaired) electrons. The summed E-state index contributed by atoms with van der Waals surface area (Å²) in [6.45, 7) is 6.25. The Labute approximate surface area is 150 Å². The van der Waals surface area contributed by atoms with Gasteiger partial charge in [-0.25, -0.2) is 4.98 Å². The van der Waals surface area contributed by atoms with Gasteiger partial charge in [0.1, 0.15) is 17.4 Å². The Bertz CT molecular complexity index is 913. The molecule has 0 saturated carbocycles. The van der Waals surface area contributed by atoms with E-state index in [2.05, 4.69) is 18.0 Å². The van der Waals surface area contributed by atoms with Crippen molar-refractivity contribution in [2.24, 2.45) is 0 Å². The summed E-state index contributed by atoms with van der Waals surface area (Å²) in [6, 6.07) is 13.9. The van der Waals surface area contributed by atoms with Crippen molar-refractivity contribution in [1.82, 2.24) is 4.98 Å². The van der Waals surface area contributed by atoms with E-state index in [1.54, 1.807) is 6.92 Å². The summed E-state index contributed by atoms with van der Waals surface area (Å²) >= 11 is 1.14. The maximum atomic E-state index is 11.0. The third-order valence-corrected chi connectivity index (χ3v) is 5.09. The van der Waals surface area contributed by atoms with Gasteiger partial charge in [0.25, 0.3) is 0 Å². The molecule has 0 fully saturated rings. The van der Waals surface area contributed by atoms with Gasteiger partial charge in [-0.3, -0.25) is 0 Å². The van der Waals surface area contributed by atoms with Crippen LogP contribution in [0.2, 0.25) is 0 Å². The molecule has 3 aromatic rings. The molecule has 1 heterocycles. The Hall–Kier alpha value is -2.66. The van der Waals surface area contributed by atoms with Crippen molar-refractivity contribution in [2.75, 3.05) is 0 Å². The largest absolute Gasteiger partial charge is 0.544 e. The molecule has 0 saturated heterocycles. The molecular weight excluding hydrogens is 334 g/mol. The number of hydrogen-bond acceptors (Lipinski definition) is 5. The second-order valence-electron chi connectivity index (χ2n) is 5.98. The number of aryl methyl sites for hydroxylation is 3. The van der Waals surface area contributed by atoms with Crippen LogP contribution in [-0.4, -0.2) is 11.0 Å². The lowest BCUT2D eigenvalue weighted by molar-refractivity contribution is -0.254. The number of hydrogen-bond donors (Lipinski definition) is 0. The number of carboxylic acids is 1. The fourth-order valence-corrected chi connectivity index (χ4v) is 3.48. The van der Waals surface area contributed by atoms with E-state index in [0.717, 1.165) is 33.8 Å². The minimum absolute atomic E-state index is 0.178. The highest BCUT2D eigenvalue weighted by Crippen LogP contribution is 2.28. The number of rotatable bonds is 5. The summed E-state index contributed by atoms with van der Waals surface area (Å²) in [5.74, 6) is -0.302. The molecule has 0 aliphatic carbocycles. The number of benzene rings is 2. The molecule has 2 aromatic carbocycles. The molecule has 1 aromatic heterocycles. The number of nitrogens with zero attached hydrogens (tertiary/aromatic N) is 1. The second-order valence-corrected chi connectivity index (χ2v) is 6.97. The smallest absolute Gasteiger partial charge is 0.124 e. The zero-order chi connectivity index (χ0) is 18.0. The predicted molar refractivity (Wildman–Crippen MR) is 96.9 cm³/mol. The van der Waals surface area contributed by atoms with Gasteiger partial charge < -0.3 is 14.6 Å². The highest BCUT2D eigenvalue weighted by molar-refractivity contribution is 7.17. The van der Waals surface area contributed by atoms with Gasteiger partial charge in [0.15, 0.2) is 0 Å². The molecule has 25 heavy (non-hydrogen) atoms. The standard InChI is InChI=1S/C20H19NO3S/c1-12-4-9-17(13(2)10-12)24-11-15-5-7-16(8-6-15)19-21-14(3)18(25-19)20(22)23/h4-10H,11H2,1-3H3,(H,22,23)/p-1. The number of aromatic nitrogens is 1. The summed E-state index contributed by atoms with van der Waals surface area (Å²) in [5, 5.41) is 11.7. The highest BCUT2D eigenvalue weighted by Gasteiger charge is 2.10. The van der Waals surface area contributed by atoms with Gasteiger partial charge >= 0.3 is 0 Å². The summed E-state index contributed by atoms with van der Waals surface area (Å²) in [5.41, 5.74) is 4.74. The van der Waals surface area contributed by atoms with Gasteiger partial charge in [-0.05, 0) is 38.0 Å². The molecule has 0 aliphatic heterocycles. The van der Waals surface area contributed by atoms with Crippen LogP contribution < -0.4 is 9.84 Å². The number of aromatic carboxylic acids is 1. The molecule has 5 heteroatoms. The molecule has 3 rings (SSSR count). The van der Waals surface area contributed by atoms with E-state index >= 15 is 0 Å². The fourth-order valence-electron chi connectivity index (χ4n) is 2.58. The molecule has 0 amide bonds. The van der Waals surface area contributed by atoms with Crippen LogP contribution in [0.3, 0.4) is 0 Å². The lowest BCUT2D eigenvalue weighted by atomic mass is 10.1. The molecule has 0 bridgehead atoms. The molecule has 0 atom stereocenters. The van der Waals surface area contributed by atoms with Gasteiger partial charge in [0.2, 0.25) is 0 Å². The Morgan fingerprint density at radius 3 is 2.44 bits per heavy atom. The minimum Gasteiger partial charge on any atom is -0.544 e. The van der Waals surface area contributed by atoms with Crippen molar-refractivity contribution in [3.63, 3.8) is 0 Å². The van der Waals surface area contributed by atoms with Gasteiger partial charge in [-0.2, -0.15) is 0 Å². The second kappa shape index (κ2) is 7.07. The first kappa shape index (κ1) is 17.2. The minimum atomic E-state index is -1.18. The van der Waals surface area contributed by atoms with Crippen LogP contribution in [0.15, 0.2) is 42.5 Å². The third kappa shape index (κ3) is 3.88. The zero-order valence-electron chi connectivity index (χ0n) is 14.3. The van der Waals surface area contributed by atoms with E-state index in [9.17, 15) is 9.90 Å². The van der Waals surface area contributed by atoms with E-state index in [1.807, 2.05) is 43.3 Å². The van der Waals surface area contributed by atoms with Crippen LogP contribution >= 0.6 is 11.3 Å². The van der Waals surface area contributed by atoms with Crippen molar-refractivity contribution < 1.29 is 14.6 Å². The van der Waals surface area contributed by atoms with Gasteiger partial charge in [-0.15, -0.1) is 11.3 Å². The Kier molecular flexibility index (Phi) is 4.86. The number of thiazole rings is 1. The van der Waals surface area contributed by atoms with Gasteiger partial charge in [-0.1, -0.05) is 42.0 Å². The average Bonchev–Trinajstić information content (AvgIpc) is 2.97. The van der Waals surface area contributed by atoms with E-state index in [0.29, 0.717) is 17.3 Å². The van der Waals surface area contributed by atoms with Crippen LogP contribution in [0.4, 0.5) is 0 Å². The van der Waals surface area contributed by atoms with Gasteiger partial charge in [0.05, 0.1) is 16.5 Å². The van der Waals surface area contributed by atoms with Crippen molar-refractivity contribution in [1.29, 1.82) is 0 Å².